The van der Waals surface area contributed by atoms with E-state index in [0.29, 0.717) is 6.54 Å². The molecule has 0 unspecified atom stereocenters. The van der Waals surface area contributed by atoms with E-state index in [1.165, 1.54) is 0 Å². The van der Waals surface area contributed by atoms with Gasteiger partial charge in [0, 0.05) is 44.6 Å². The molecule has 0 aromatic carbocycles. The maximum absolute atomic E-state index is 5.69. The molecule has 21 heavy (non-hydrogen) atoms. The number of hydrogen-bond acceptors (Lipinski definition) is 6. The molecular weight excluding hydrogens is 264 g/mol. The minimum atomic E-state index is 0.449. The zero-order valence-electron chi connectivity index (χ0n) is 12.2. The average Bonchev–Trinajstić information content (AvgIpc) is 2.55. The van der Waals surface area contributed by atoms with Crippen LogP contribution in [0.5, 0.6) is 0 Å². The molecule has 3 rings (SSSR count). The topological polar surface area (TPSA) is 71.2 Å². The maximum Gasteiger partial charge on any atom is 0.225 e. The molecule has 0 atom stereocenters. The van der Waals surface area contributed by atoms with E-state index < -0.39 is 0 Å². The monoisotopic (exact) mass is 284 g/mol. The van der Waals surface area contributed by atoms with Crippen LogP contribution in [-0.4, -0.2) is 41.1 Å². The molecule has 1 fully saturated rings. The van der Waals surface area contributed by atoms with E-state index in [2.05, 4.69) is 24.8 Å². The Balaban J connectivity index is 1.70. The second-order valence-corrected chi connectivity index (χ2v) is 5.17. The van der Waals surface area contributed by atoms with Crippen molar-refractivity contribution in [2.45, 2.75) is 13.5 Å². The van der Waals surface area contributed by atoms with E-state index in [1.807, 2.05) is 37.4 Å². The highest BCUT2D eigenvalue weighted by atomic mass is 15.3. The molecule has 0 aliphatic carbocycles. The fourth-order valence-electron chi connectivity index (χ4n) is 2.54. The van der Waals surface area contributed by atoms with Crippen LogP contribution in [0.1, 0.15) is 11.4 Å². The summed E-state index contributed by atoms with van der Waals surface area (Å²) in [5, 5.41) is 0. The third kappa shape index (κ3) is 3.11. The van der Waals surface area contributed by atoms with Gasteiger partial charge in [-0.05, 0) is 25.1 Å². The van der Waals surface area contributed by atoms with E-state index in [9.17, 15) is 0 Å². The number of aryl methyl sites for hydroxylation is 1. The van der Waals surface area contributed by atoms with Gasteiger partial charge in [0.2, 0.25) is 5.95 Å². The second-order valence-electron chi connectivity index (χ2n) is 5.17. The highest BCUT2D eigenvalue weighted by Crippen LogP contribution is 2.16. The summed E-state index contributed by atoms with van der Waals surface area (Å²) >= 11 is 0. The van der Waals surface area contributed by atoms with Gasteiger partial charge in [0.1, 0.15) is 5.82 Å². The van der Waals surface area contributed by atoms with Gasteiger partial charge in [0.25, 0.3) is 0 Å². The summed E-state index contributed by atoms with van der Waals surface area (Å²) in [5.74, 6) is 1.82. The molecule has 2 aromatic rings. The van der Waals surface area contributed by atoms with Gasteiger partial charge in [0.15, 0.2) is 0 Å². The zero-order valence-corrected chi connectivity index (χ0v) is 12.2. The molecule has 0 bridgehead atoms. The summed E-state index contributed by atoms with van der Waals surface area (Å²) in [6.07, 6.45) is 1.83. The quantitative estimate of drug-likeness (QED) is 0.905. The van der Waals surface area contributed by atoms with Crippen LogP contribution in [0.4, 0.5) is 11.8 Å². The summed E-state index contributed by atoms with van der Waals surface area (Å²) in [4.78, 5) is 18.0. The van der Waals surface area contributed by atoms with Gasteiger partial charge >= 0.3 is 0 Å². The Morgan fingerprint density at radius 3 is 2.52 bits per heavy atom. The minimum Gasteiger partial charge on any atom is -0.353 e. The third-order valence-corrected chi connectivity index (χ3v) is 3.64. The van der Waals surface area contributed by atoms with Gasteiger partial charge in [-0.1, -0.05) is 6.07 Å². The molecule has 0 saturated carbocycles. The smallest absolute Gasteiger partial charge is 0.225 e. The first kappa shape index (κ1) is 13.8. The van der Waals surface area contributed by atoms with Crippen molar-refractivity contribution < 1.29 is 0 Å². The van der Waals surface area contributed by atoms with Crippen LogP contribution in [0.3, 0.4) is 0 Å². The van der Waals surface area contributed by atoms with Gasteiger partial charge in [-0.3, -0.25) is 0 Å². The molecule has 0 amide bonds. The van der Waals surface area contributed by atoms with E-state index >= 15 is 0 Å². The molecule has 1 aliphatic heterocycles. The largest absolute Gasteiger partial charge is 0.353 e. The third-order valence-electron chi connectivity index (χ3n) is 3.64. The molecule has 1 aliphatic rings. The van der Waals surface area contributed by atoms with Gasteiger partial charge < -0.3 is 15.5 Å². The SMILES string of the molecule is Cc1cc(CN)nc(N2CCN(c3ccccn3)CC2)n1. The Kier molecular flexibility index (Phi) is 3.96. The highest BCUT2D eigenvalue weighted by molar-refractivity contribution is 5.42. The van der Waals surface area contributed by atoms with Crippen LogP contribution in [0.25, 0.3) is 0 Å². The first-order valence-corrected chi connectivity index (χ1v) is 7.22. The molecule has 6 heteroatoms. The van der Waals surface area contributed by atoms with E-state index in [-0.39, 0.29) is 0 Å². The Morgan fingerprint density at radius 2 is 1.86 bits per heavy atom. The Morgan fingerprint density at radius 1 is 1.10 bits per heavy atom. The van der Waals surface area contributed by atoms with Crippen molar-refractivity contribution in [2.75, 3.05) is 36.0 Å². The number of nitrogens with two attached hydrogens (primary N) is 1. The number of aromatic nitrogens is 3. The standard InChI is InChI=1S/C15H20N6/c1-12-10-13(11-16)19-15(18-12)21-8-6-20(7-9-21)14-4-2-3-5-17-14/h2-5,10H,6-9,11,16H2,1H3. The highest BCUT2D eigenvalue weighted by Gasteiger charge is 2.20. The number of piperazine rings is 1. The number of hydrogen-bond donors (Lipinski definition) is 1. The first-order chi connectivity index (χ1) is 10.3. The molecule has 0 spiro atoms. The van der Waals surface area contributed by atoms with Crippen molar-refractivity contribution in [1.29, 1.82) is 0 Å². The summed E-state index contributed by atoms with van der Waals surface area (Å²) in [6, 6.07) is 7.94. The molecule has 110 valence electrons. The lowest BCUT2D eigenvalue weighted by Gasteiger charge is -2.35. The second kappa shape index (κ2) is 6.05. The van der Waals surface area contributed by atoms with Gasteiger partial charge in [-0.25, -0.2) is 15.0 Å². The molecular formula is C15H20N6. The zero-order chi connectivity index (χ0) is 14.7. The lowest BCUT2D eigenvalue weighted by atomic mass is 10.3. The summed E-state index contributed by atoms with van der Waals surface area (Å²) in [5.41, 5.74) is 7.55. The summed E-state index contributed by atoms with van der Waals surface area (Å²) in [7, 11) is 0. The van der Waals surface area contributed by atoms with Crippen LogP contribution in [-0.2, 0) is 6.54 Å². The molecule has 2 aromatic heterocycles. The summed E-state index contributed by atoms with van der Waals surface area (Å²) < 4.78 is 0. The first-order valence-electron chi connectivity index (χ1n) is 7.22. The normalized spacial score (nSPS) is 15.3. The average molecular weight is 284 g/mol. The Hall–Kier alpha value is -2.21. The van der Waals surface area contributed by atoms with Crippen molar-refractivity contribution in [3.63, 3.8) is 0 Å². The fraction of sp³-hybridized carbons (Fsp3) is 0.400. The van der Waals surface area contributed by atoms with Crippen molar-refractivity contribution >= 4 is 11.8 Å². The van der Waals surface area contributed by atoms with E-state index in [1.54, 1.807) is 0 Å². The lowest BCUT2D eigenvalue weighted by molar-refractivity contribution is 0.632. The van der Waals surface area contributed by atoms with Crippen LogP contribution >= 0.6 is 0 Å². The molecule has 3 heterocycles. The fourth-order valence-corrected chi connectivity index (χ4v) is 2.54. The van der Waals surface area contributed by atoms with Crippen molar-refractivity contribution in [2.24, 2.45) is 5.73 Å². The molecule has 1 saturated heterocycles. The number of nitrogens with zero attached hydrogens (tertiary/aromatic N) is 5. The maximum atomic E-state index is 5.69. The van der Waals surface area contributed by atoms with Gasteiger partial charge in [-0.15, -0.1) is 0 Å². The van der Waals surface area contributed by atoms with Gasteiger partial charge in [-0.2, -0.15) is 0 Å². The summed E-state index contributed by atoms with van der Waals surface area (Å²) in [6.45, 7) is 6.06. The number of rotatable bonds is 3. The van der Waals surface area contributed by atoms with Crippen molar-refractivity contribution in [3.05, 3.63) is 41.9 Å². The minimum absolute atomic E-state index is 0.449. The van der Waals surface area contributed by atoms with Crippen LogP contribution in [0, 0.1) is 6.92 Å². The molecule has 2 N–H and O–H groups in total. The predicted molar refractivity (Wildman–Crippen MR) is 83.3 cm³/mol. The van der Waals surface area contributed by atoms with Crippen LogP contribution in [0.2, 0.25) is 0 Å². The van der Waals surface area contributed by atoms with Crippen molar-refractivity contribution in [1.82, 2.24) is 15.0 Å². The van der Waals surface area contributed by atoms with Crippen LogP contribution < -0.4 is 15.5 Å². The predicted octanol–water partition coefficient (Wildman–Crippen LogP) is 0.965. The molecule has 0 radical (unpaired) electrons. The number of pyridine rings is 1. The molecule has 6 nitrogen and oxygen atoms in total. The van der Waals surface area contributed by atoms with Crippen molar-refractivity contribution in [3.8, 4) is 0 Å². The Labute approximate surface area is 124 Å². The van der Waals surface area contributed by atoms with Gasteiger partial charge in [0.05, 0.1) is 5.69 Å². The van der Waals surface area contributed by atoms with E-state index in [4.69, 9.17) is 5.73 Å². The number of anilines is 2. The van der Waals surface area contributed by atoms with E-state index in [0.717, 1.165) is 49.3 Å². The lowest BCUT2D eigenvalue weighted by Crippen LogP contribution is -2.47. The Bertz CT molecular complexity index is 592. The van der Waals surface area contributed by atoms with Crippen LogP contribution in [0.15, 0.2) is 30.5 Å².